The largest absolute Gasteiger partial charge is 0.387 e. The van der Waals surface area contributed by atoms with Gasteiger partial charge >= 0.3 is 0 Å². The molecule has 2 saturated carbocycles. The van der Waals surface area contributed by atoms with E-state index < -0.39 is 28.7 Å². The van der Waals surface area contributed by atoms with Crippen LogP contribution >= 0.6 is 0 Å². The van der Waals surface area contributed by atoms with Crippen molar-refractivity contribution >= 4 is 23.8 Å². The summed E-state index contributed by atoms with van der Waals surface area (Å²) in [6.45, 7) is 10.8. The molecule has 248 valence electrons. The van der Waals surface area contributed by atoms with E-state index in [4.69, 9.17) is 20.9 Å². The van der Waals surface area contributed by atoms with Gasteiger partial charge in [-0.2, -0.15) is 4.39 Å². The second-order valence-electron chi connectivity index (χ2n) is 14.8. The third kappa shape index (κ3) is 6.32. The number of halogens is 1. The number of carbonyl (C=O) groups is 1. The van der Waals surface area contributed by atoms with E-state index in [0.717, 1.165) is 97.1 Å². The fourth-order valence-corrected chi connectivity index (χ4v) is 9.27. The fraction of sp³-hybridized carbons (Fsp3) is 0.800. The molecular weight excluding hydrogens is 569 g/mol. The van der Waals surface area contributed by atoms with E-state index in [2.05, 4.69) is 46.8 Å². The van der Waals surface area contributed by atoms with Crippen molar-refractivity contribution in [3.8, 4) is 0 Å². The van der Waals surface area contributed by atoms with Crippen LogP contribution in [0.25, 0.3) is 0 Å². The van der Waals surface area contributed by atoms with Crippen molar-refractivity contribution in [3.05, 3.63) is 18.0 Å². The second kappa shape index (κ2) is 13.4. The number of piperazine rings is 1. The molecular formula is C35H54FN7O2. The van der Waals surface area contributed by atoms with E-state index in [9.17, 15) is 9.18 Å². The van der Waals surface area contributed by atoms with Crippen molar-refractivity contribution in [2.45, 2.75) is 121 Å². The number of ether oxygens (including phenoxy) is 1. The number of amidine groups is 1. The summed E-state index contributed by atoms with van der Waals surface area (Å²) in [6, 6.07) is 0.963. The highest BCUT2D eigenvalue weighted by Gasteiger charge is 2.57. The van der Waals surface area contributed by atoms with Crippen LogP contribution in [0.5, 0.6) is 0 Å². The van der Waals surface area contributed by atoms with E-state index in [0.29, 0.717) is 24.0 Å². The number of nitrogens with zero attached hydrogens (tertiary/aromatic N) is 4. The predicted molar refractivity (Wildman–Crippen MR) is 177 cm³/mol. The highest BCUT2D eigenvalue weighted by molar-refractivity contribution is 6.03. The molecule has 1 amide bonds. The summed E-state index contributed by atoms with van der Waals surface area (Å²) in [5.74, 6) is 0.613. The average molecular weight is 624 g/mol. The highest BCUT2D eigenvalue weighted by atomic mass is 19.1. The van der Waals surface area contributed by atoms with Crippen LogP contribution in [0, 0.1) is 28.6 Å². The van der Waals surface area contributed by atoms with E-state index in [1.807, 2.05) is 12.3 Å². The Kier molecular flexibility index (Phi) is 9.68. The molecule has 45 heavy (non-hydrogen) atoms. The molecule has 0 spiro atoms. The minimum atomic E-state index is -1.03. The van der Waals surface area contributed by atoms with Crippen LogP contribution in [0.15, 0.2) is 28.0 Å². The number of carbonyl (C=O) groups excluding carboxylic acids is 1. The van der Waals surface area contributed by atoms with Gasteiger partial charge in [0.1, 0.15) is 11.8 Å². The molecule has 0 aromatic carbocycles. The Hall–Kier alpha value is -2.39. The molecule has 4 heterocycles. The fourth-order valence-electron chi connectivity index (χ4n) is 9.27. The normalized spacial score (nSPS) is 38.8. The Bertz CT molecular complexity index is 1240. The lowest BCUT2D eigenvalue weighted by Gasteiger charge is -2.50. The zero-order valence-electron chi connectivity index (χ0n) is 27.5. The molecule has 2 saturated heterocycles. The predicted octanol–water partition coefficient (Wildman–Crippen LogP) is 4.27. The Morgan fingerprint density at radius 3 is 2.64 bits per heavy atom. The smallest absolute Gasteiger partial charge is 0.233 e. The topological polar surface area (TPSA) is 119 Å². The maximum atomic E-state index is 14.8. The van der Waals surface area contributed by atoms with Gasteiger partial charge in [0.2, 0.25) is 5.91 Å². The maximum absolute atomic E-state index is 14.8. The molecule has 9 nitrogen and oxygen atoms in total. The van der Waals surface area contributed by atoms with E-state index in [-0.39, 0.29) is 23.7 Å². The summed E-state index contributed by atoms with van der Waals surface area (Å²) in [4.78, 5) is 29.2. The van der Waals surface area contributed by atoms with Gasteiger partial charge in [-0.05, 0) is 55.4 Å². The number of hydrogen-bond acceptors (Lipinski definition) is 7. The monoisotopic (exact) mass is 623 g/mol. The van der Waals surface area contributed by atoms with Crippen molar-refractivity contribution in [1.82, 2.24) is 15.1 Å². The van der Waals surface area contributed by atoms with Crippen molar-refractivity contribution in [2.75, 3.05) is 32.8 Å². The van der Waals surface area contributed by atoms with Gasteiger partial charge in [-0.15, -0.1) is 0 Å². The molecule has 4 fully saturated rings. The molecule has 0 radical (unpaired) electrons. The van der Waals surface area contributed by atoms with Crippen molar-refractivity contribution in [1.29, 1.82) is 5.41 Å². The molecule has 4 N–H and O–H groups in total. The van der Waals surface area contributed by atoms with Crippen LogP contribution in [0.3, 0.4) is 0 Å². The van der Waals surface area contributed by atoms with E-state index in [1.165, 1.54) is 6.08 Å². The van der Waals surface area contributed by atoms with Crippen molar-refractivity contribution in [3.63, 3.8) is 0 Å². The van der Waals surface area contributed by atoms with Gasteiger partial charge in [-0.3, -0.25) is 25.0 Å². The number of nitrogens with one attached hydrogen (secondary N) is 2. The van der Waals surface area contributed by atoms with Crippen LogP contribution in [0.1, 0.15) is 85.0 Å². The first kappa shape index (κ1) is 32.5. The molecule has 2 aliphatic carbocycles. The lowest BCUT2D eigenvalue weighted by molar-refractivity contribution is -0.126. The van der Waals surface area contributed by atoms with Crippen LogP contribution in [-0.2, 0) is 9.53 Å². The van der Waals surface area contributed by atoms with Gasteiger partial charge in [0.25, 0.3) is 0 Å². The first-order valence-electron chi connectivity index (χ1n) is 17.6. The standard InChI is InChI=1S/C35H54FN7O2/c1-4-5-8-13-35(22-39-15-12-29(35)43-17-16-42(26-20-45-21-26)27-18-28(27)43)41-33(44)30(32(37)38)31-23(2)34(3,24-9-6-7-10-24)14-11-25(36)19-40-31/h11,14,22-24,26-31H,4-10,12-13,15-18,20-21H2,1-3H3,(H3,37,38)(H,41,44)/b14-11-. The number of hydrogen-bond donors (Lipinski definition) is 3. The first-order chi connectivity index (χ1) is 21.7. The van der Waals surface area contributed by atoms with Crippen molar-refractivity contribution < 1.29 is 13.9 Å². The van der Waals surface area contributed by atoms with E-state index >= 15 is 0 Å². The molecule has 6 rings (SSSR count). The number of nitrogens with two attached hydrogens (primary N) is 1. The number of fused-ring (bicyclic) bond motifs is 1. The Labute approximate surface area is 268 Å². The molecule has 0 aromatic heterocycles. The van der Waals surface area contributed by atoms with Crippen LogP contribution in [0.4, 0.5) is 4.39 Å². The third-order valence-corrected chi connectivity index (χ3v) is 12.3. The molecule has 6 aliphatic rings. The number of aliphatic imine (C=N–C) groups is 2. The Balaban J connectivity index is 1.29. The van der Waals surface area contributed by atoms with Crippen LogP contribution in [0.2, 0.25) is 0 Å². The van der Waals surface area contributed by atoms with Gasteiger partial charge in [0.15, 0.2) is 5.83 Å². The zero-order valence-corrected chi connectivity index (χ0v) is 27.5. The summed E-state index contributed by atoms with van der Waals surface area (Å²) in [5, 5.41) is 12.2. The van der Waals surface area contributed by atoms with Gasteiger partial charge in [0.05, 0.1) is 30.8 Å². The van der Waals surface area contributed by atoms with Gasteiger partial charge in [0, 0.05) is 49.8 Å². The first-order valence-corrected chi connectivity index (χ1v) is 17.6. The SMILES string of the molecule is CCCCCC1(NC(=O)C(C(=N)N)C2N=C=C(F)/C=C\C(C)(C3CCCC3)C2C)C=NCCC1N1CCN(C2COC2)C2CC21. The average Bonchev–Trinajstić information content (AvgIpc) is 3.60. The van der Waals surface area contributed by atoms with Gasteiger partial charge in [-0.1, -0.05) is 59.0 Å². The summed E-state index contributed by atoms with van der Waals surface area (Å²) >= 11 is 0. The van der Waals surface area contributed by atoms with Gasteiger partial charge < -0.3 is 15.8 Å². The molecule has 0 aromatic rings. The highest BCUT2D eigenvalue weighted by Crippen LogP contribution is 2.49. The second-order valence-corrected chi connectivity index (χ2v) is 14.8. The summed E-state index contributed by atoms with van der Waals surface area (Å²) in [6.07, 6.45) is 15.8. The zero-order chi connectivity index (χ0) is 31.8. The number of allylic oxidation sites excluding steroid dienone is 3. The number of unbranched alkanes of at least 4 members (excludes halogenated alkanes) is 2. The molecule has 4 aliphatic heterocycles. The quantitative estimate of drug-likeness (QED) is 0.181. The maximum Gasteiger partial charge on any atom is 0.233 e. The summed E-state index contributed by atoms with van der Waals surface area (Å²) in [5.41, 5.74) is 5.23. The lowest BCUT2D eigenvalue weighted by Crippen LogP contribution is -2.69. The molecule has 10 heteroatoms. The van der Waals surface area contributed by atoms with E-state index in [1.54, 1.807) is 0 Å². The number of rotatable bonds is 11. The lowest BCUT2D eigenvalue weighted by atomic mass is 9.63. The molecule has 8 atom stereocenters. The molecule has 8 unspecified atom stereocenters. The minimum Gasteiger partial charge on any atom is -0.387 e. The van der Waals surface area contributed by atoms with Crippen LogP contribution < -0.4 is 11.1 Å². The van der Waals surface area contributed by atoms with Crippen LogP contribution in [-0.4, -0.2) is 102 Å². The van der Waals surface area contributed by atoms with Crippen molar-refractivity contribution in [2.24, 2.45) is 38.9 Å². The summed E-state index contributed by atoms with van der Waals surface area (Å²) < 4.78 is 20.3. The number of amides is 1. The Morgan fingerprint density at radius 2 is 1.96 bits per heavy atom. The third-order valence-electron chi connectivity index (χ3n) is 12.3. The van der Waals surface area contributed by atoms with Gasteiger partial charge in [-0.25, -0.2) is 4.99 Å². The summed E-state index contributed by atoms with van der Waals surface area (Å²) in [7, 11) is 0. The minimum absolute atomic E-state index is 0.112. The molecule has 0 bridgehead atoms. The Morgan fingerprint density at radius 1 is 1.22 bits per heavy atom.